The fraction of sp³-hybridized carbons (Fsp3) is 0.600. The van der Waals surface area contributed by atoms with Crippen LogP contribution in [-0.2, 0) is 4.74 Å². The number of hydrogen-bond acceptors (Lipinski definition) is 4. The van der Waals surface area contributed by atoms with Crippen molar-refractivity contribution in [3.63, 3.8) is 0 Å². The SMILES string of the molecule is CC1COC(CBr)CN1c1nc[nH]c(=O)c1Cl. The molecule has 1 aliphatic heterocycles. The van der Waals surface area contributed by atoms with E-state index in [4.69, 9.17) is 16.3 Å². The van der Waals surface area contributed by atoms with Crippen LogP contribution in [0.5, 0.6) is 0 Å². The van der Waals surface area contributed by atoms with Crippen LogP contribution in [0.4, 0.5) is 5.82 Å². The van der Waals surface area contributed by atoms with Gasteiger partial charge in [0.25, 0.3) is 5.56 Å². The highest BCUT2D eigenvalue weighted by atomic mass is 79.9. The van der Waals surface area contributed by atoms with E-state index in [9.17, 15) is 4.79 Å². The third-order valence-electron chi connectivity index (χ3n) is 2.73. The molecule has 7 heteroatoms. The zero-order chi connectivity index (χ0) is 12.4. The summed E-state index contributed by atoms with van der Waals surface area (Å²) in [5.74, 6) is 0.525. The Bertz CT molecular complexity index is 453. The van der Waals surface area contributed by atoms with Crippen molar-refractivity contribution in [2.45, 2.75) is 19.1 Å². The Balaban J connectivity index is 2.31. The summed E-state index contributed by atoms with van der Waals surface area (Å²) < 4.78 is 5.62. The molecule has 5 nitrogen and oxygen atoms in total. The second kappa shape index (κ2) is 5.37. The summed E-state index contributed by atoms with van der Waals surface area (Å²) in [7, 11) is 0. The van der Waals surface area contributed by atoms with Crippen molar-refractivity contribution in [3.05, 3.63) is 21.7 Å². The summed E-state index contributed by atoms with van der Waals surface area (Å²) in [6.07, 6.45) is 1.46. The smallest absolute Gasteiger partial charge is 0.271 e. The van der Waals surface area contributed by atoms with Gasteiger partial charge in [-0.05, 0) is 6.92 Å². The molecule has 1 aliphatic rings. The van der Waals surface area contributed by atoms with Crippen LogP contribution in [0.3, 0.4) is 0 Å². The monoisotopic (exact) mass is 321 g/mol. The van der Waals surface area contributed by atoms with Crippen molar-refractivity contribution >= 4 is 33.3 Å². The van der Waals surface area contributed by atoms with Crippen LogP contribution in [0.25, 0.3) is 0 Å². The van der Waals surface area contributed by atoms with Crippen molar-refractivity contribution in [2.75, 3.05) is 23.4 Å². The molecule has 0 bridgehead atoms. The van der Waals surface area contributed by atoms with E-state index < -0.39 is 0 Å². The number of halogens is 2. The van der Waals surface area contributed by atoms with Crippen molar-refractivity contribution in [1.29, 1.82) is 0 Å². The number of H-pyrrole nitrogens is 1. The lowest BCUT2D eigenvalue weighted by molar-refractivity contribution is 0.0376. The van der Waals surface area contributed by atoms with Crippen LogP contribution < -0.4 is 10.5 Å². The maximum Gasteiger partial charge on any atom is 0.271 e. The number of nitrogens with one attached hydrogen (secondary N) is 1. The Morgan fingerprint density at radius 2 is 2.53 bits per heavy atom. The van der Waals surface area contributed by atoms with Gasteiger partial charge in [-0.25, -0.2) is 4.98 Å². The molecule has 1 fully saturated rings. The second-order valence-electron chi connectivity index (χ2n) is 3.98. The summed E-state index contributed by atoms with van der Waals surface area (Å²) >= 11 is 9.37. The third kappa shape index (κ3) is 2.64. The largest absolute Gasteiger partial charge is 0.373 e. The van der Waals surface area contributed by atoms with Gasteiger partial charge < -0.3 is 14.6 Å². The van der Waals surface area contributed by atoms with Gasteiger partial charge >= 0.3 is 0 Å². The first kappa shape index (κ1) is 12.9. The highest BCUT2D eigenvalue weighted by Crippen LogP contribution is 2.24. The molecule has 0 spiro atoms. The van der Waals surface area contributed by atoms with E-state index in [2.05, 4.69) is 25.9 Å². The predicted octanol–water partition coefficient (Wildman–Crippen LogP) is 1.41. The fourth-order valence-electron chi connectivity index (χ4n) is 1.78. The molecular formula is C10H13BrClN3O2. The number of rotatable bonds is 2. The summed E-state index contributed by atoms with van der Waals surface area (Å²) in [6, 6.07) is 0.150. The van der Waals surface area contributed by atoms with Gasteiger partial charge in [0.1, 0.15) is 5.02 Å². The lowest BCUT2D eigenvalue weighted by atomic mass is 10.2. The number of morpholine rings is 1. The highest BCUT2D eigenvalue weighted by molar-refractivity contribution is 9.09. The average molecular weight is 323 g/mol. The minimum absolute atomic E-state index is 0.0864. The number of hydrogen-bond donors (Lipinski definition) is 1. The molecule has 1 saturated heterocycles. The molecule has 17 heavy (non-hydrogen) atoms. The summed E-state index contributed by atoms with van der Waals surface area (Å²) in [5, 5.41) is 0.881. The molecule has 0 amide bonds. The molecule has 0 radical (unpaired) electrons. The van der Waals surface area contributed by atoms with Gasteiger partial charge in [-0.3, -0.25) is 4.79 Å². The molecule has 1 aromatic rings. The predicted molar refractivity (Wildman–Crippen MR) is 70.2 cm³/mol. The normalized spacial score (nSPS) is 25.0. The van der Waals surface area contributed by atoms with E-state index in [1.807, 2.05) is 11.8 Å². The average Bonchev–Trinajstić information content (AvgIpc) is 2.34. The number of anilines is 1. The summed E-state index contributed by atoms with van der Waals surface area (Å²) in [5.41, 5.74) is -0.314. The van der Waals surface area contributed by atoms with Crippen molar-refractivity contribution < 1.29 is 4.74 Å². The number of aromatic amines is 1. The van der Waals surface area contributed by atoms with Crippen molar-refractivity contribution in [3.8, 4) is 0 Å². The molecule has 2 unspecified atom stereocenters. The first-order valence-corrected chi connectivity index (χ1v) is 6.80. The first-order valence-electron chi connectivity index (χ1n) is 5.31. The number of nitrogens with zero attached hydrogens (tertiary/aromatic N) is 2. The molecule has 1 aromatic heterocycles. The van der Waals surface area contributed by atoms with E-state index in [1.54, 1.807) is 0 Å². The molecule has 2 atom stereocenters. The minimum Gasteiger partial charge on any atom is -0.373 e. The standard InChI is InChI=1S/C10H13BrClN3O2/c1-6-4-17-7(2-11)3-15(6)9-8(12)10(16)14-5-13-9/h5-7H,2-4H2,1H3,(H,13,14,16). The highest BCUT2D eigenvalue weighted by Gasteiger charge is 2.28. The second-order valence-corrected chi connectivity index (χ2v) is 5.01. The Labute approximate surface area is 112 Å². The van der Waals surface area contributed by atoms with Gasteiger partial charge in [-0.15, -0.1) is 0 Å². The molecule has 0 saturated carbocycles. The molecular weight excluding hydrogens is 309 g/mol. The Hall–Kier alpha value is -0.590. The third-order valence-corrected chi connectivity index (χ3v) is 3.79. The molecule has 1 N–H and O–H groups in total. The van der Waals surface area contributed by atoms with Gasteiger partial charge in [0.2, 0.25) is 0 Å². The number of alkyl halides is 1. The fourth-order valence-corrected chi connectivity index (χ4v) is 2.38. The van der Waals surface area contributed by atoms with Gasteiger partial charge in [-0.1, -0.05) is 27.5 Å². The van der Waals surface area contributed by atoms with Gasteiger partial charge in [0.05, 0.1) is 25.1 Å². The maximum atomic E-state index is 11.4. The molecule has 2 rings (SSSR count). The number of ether oxygens (including phenoxy) is 1. The van der Waals surface area contributed by atoms with Crippen LogP contribution in [0.1, 0.15) is 6.92 Å². The Kier molecular flexibility index (Phi) is 4.06. The summed E-state index contributed by atoms with van der Waals surface area (Å²) in [6.45, 7) is 3.29. The maximum absolute atomic E-state index is 11.4. The molecule has 0 aromatic carbocycles. The van der Waals surface area contributed by atoms with Gasteiger partial charge in [-0.2, -0.15) is 0 Å². The van der Waals surface area contributed by atoms with E-state index >= 15 is 0 Å². The van der Waals surface area contributed by atoms with Crippen LogP contribution in [0.15, 0.2) is 11.1 Å². The topological polar surface area (TPSA) is 58.2 Å². The minimum atomic E-state index is -0.314. The van der Waals surface area contributed by atoms with Crippen molar-refractivity contribution in [1.82, 2.24) is 9.97 Å². The first-order chi connectivity index (χ1) is 8.13. The van der Waals surface area contributed by atoms with Crippen LogP contribution in [0.2, 0.25) is 5.02 Å². The van der Waals surface area contributed by atoms with Gasteiger partial charge in [0.15, 0.2) is 5.82 Å². The Morgan fingerprint density at radius 1 is 1.76 bits per heavy atom. The molecule has 94 valence electrons. The zero-order valence-electron chi connectivity index (χ0n) is 9.32. The van der Waals surface area contributed by atoms with Crippen LogP contribution >= 0.6 is 27.5 Å². The quantitative estimate of drug-likeness (QED) is 0.837. The summed E-state index contributed by atoms with van der Waals surface area (Å²) in [4.78, 5) is 20.1. The van der Waals surface area contributed by atoms with Crippen molar-refractivity contribution in [2.24, 2.45) is 0 Å². The van der Waals surface area contributed by atoms with E-state index in [1.165, 1.54) is 6.33 Å². The van der Waals surface area contributed by atoms with E-state index in [0.29, 0.717) is 19.0 Å². The van der Waals surface area contributed by atoms with Crippen LogP contribution in [0, 0.1) is 0 Å². The Morgan fingerprint density at radius 3 is 3.24 bits per heavy atom. The lowest BCUT2D eigenvalue weighted by Gasteiger charge is -2.38. The lowest BCUT2D eigenvalue weighted by Crippen LogP contribution is -2.49. The van der Waals surface area contributed by atoms with Gasteiger partial charge in [0, 0.05) is 11.9 Å². The van der Waals surface area contributed by atoms with Crippen LogP contribution in [-0.4, -0.2) is 40.6 Å². The molecule has 2 heterocycles. The van der Waals surface area contributed by atoms with E-state index in [-0.39, 0.29) is 22.7 Å². The van der Waals surface area contributed by atoms with E-state index in [0.717, 1.165) is 5.33 Å². The number of aromatic nitrogens is 2. The zero-order valence-corrected chi connectivity index (χ0v) is 11.7. The molecule has 0 aliphatic carbocycles.